The molecule has 1 heterocycles. The number of thiol groups is 1. The summed E-state index contributed by atoms with van der Waals surface area (Å²) >= 11 is 4.16. The molecule has 1 aliphatic heterocycles. The minimum Gasteiger partial charge on any atom is -0.299 e. The van der Waals surface area contributed by atoms with Crippen molar-refractivity contribution in [1.29, 1.82) is 0 Å². The quantitative estimate of drug-likeness (QED) is 0.481. The molecule has 58 valence electrons. The predicted molar refractivity (Wildman–Crippen MR) is 48.7 cm³/mol. The van der Waals surface area contributed by atoms with Crippen LogP contribution in [0.1, 0.15) is 12.8 Å². The zero-order chi connectivity index (χ0) is 7.40. The Morgan fingerprint density at radius 3 is 2.50 bits per heavy atom. The first-order valence-electron chi connectivity index (χ1n) is 3.83. The van der Waals surface area contributed by atoms with Crippen molar-refractivity contribution in [3.63, 3.8) is 0 Å². The van der Waals surface area contributed by atoms with Gasteiger partial charge in [0.2, 0.25) is 0 Å². The lowest BCUT2D eigenvalue weighted by Crippen LogP contribution is -2.21. The first kappa shape index (κ1) is 8.15. The molecule has 0 amide bonds. The molecule has 1 nitrogen and oxygen atoms in total. The van der Waals surface area contributed by atoms with Crippen LogP contribution in [-0.4, -0.2) is 30.3 Å². The average Bonchev–Trinajstić information content (AvgIpc) is 2.40. The van der Waals surface area contributed by atoms with Crippen LogP contribution in [0.5, 0.6) is 0 Å². The maximum Gasteiger partial charge on any atom is 0.0198 e. The molecule has 0 aromatic rings. The van der Waals surface area contributed by atoms with Crippen LogP contribution in [0.15, 0.2) is 12.2 Å². The summed E-state index contributed by atoms with van der Waals surface area (Å²) in [5.41, 5.74) is 1.24. The van der Waals surface area contributed by atoms with Crippen molar-refractivity contribution in [1.82, 2.24) is 4.90 Å². The summed E-state index contributed by atoms with van der Waals surface area (Å²) in [5, 5.41) is 0. The Morgan fingerprint density at radius 1 is 1.40 bits per heavy atom. The first-order chi connectivity index (χ1) is 4.83. The molecule has 0 atom stereocenters. The second kappa shape index (κ2) is 4.04. The van der Waals surface area contributed by atoms with Gasteiger partial charge in [0.1, 0.15) is 0 Å². The van der Waals surface area contributed by atoms with E-state index in [0.717, 1.165) is 12.3 Å². The molecule has 0 aromatic carbocycles. The highest BCUT2D eigenvalue weighted by Crippen LogP contribution is 2.09. The van der Waals surface area contributed by atoms with Crippen molar-refractivity contribution in [2.75, 3.05) is 25.4 Å². The fourth-order valence-electron chi connectivity index (χ4n) is 1.31. The lowest BCUT2D eigenvalue weighted by Gasteiger charge is -2.14. The van der Waals surface area contributed by atoms with Crippen LogP contribution in [0.3, 0.4) is 0 Å². The normalized spacial score (nSPS) is 19.7. The van der Waals surface area contributed by atoms with Crippen LogP contribution in [0, 0.1) is 0 Å². The molecule has 0 unspecified atom stereocenters. The molecule has 1 rings (SSSR count). The molecule has 2 heteroatoms. The van der Waals surface area contributed by atoms with Gasteiger partial charge < -0.3 is 0 Å². The standard InChI is InChI=1S/C8H15NS/c1-8(7-10)6-9-4-2-3-5-9/h10H,1-7H2. The SMILES string of the molecule is C=C(CS)CN1CCCC1. The van der Waals surface area contributed by atoms with Crippen LogP contribution in [-0.2, 0) is 0 Å². The van der Waals surface area contributed by atoms with Gasteiger partial charge in [0, 0.05) is 12.3 Å². The topological polar surface area (TPSA) is 3.24 Å². The van der Waals surface area contributed by atoms with E-state index in [9.17, 15) is 0 Å². The van der Waals surface area contributed by atoms with Crippen molar-refractivity contribution in [2.24, 2.45) is 0 Å². The minimum atomic E-state index is 0.830. The minimum absolute atomic E-state index is 0.830. The Morgan fingerprint density at radius 2 is 2.00 bits per heavy atom. The second-order valence-corrected chi connectivity index (χ2v) is 3.21. The summed E-state index contributed by atoms with van der Waals surface area (Å²) in [6.45, 7) is 7.49. The fourth-order valence-corrected chi connectivity index (χ4v) is 1.41. The maximum absolute atomic E-state index is 4.16. The number of rotatable bonds is 3. The zero-order valence-corrected chi connectivity index (χ0v) is 7.24. The highest BCUT2D eigenvalue weighted by atomic mass is 32.1. The number of hydrogen-bond acceptors (Lipinski definition) is 2. The number of likely N-dealkylation sites (tertiary alicyclic amines) is 1. The molecule has 0 radical (unpaired) electrons. The Bertz CT molecular complexity index is 116. The lowest BCUT2D eigenvalue weighted by atomic mass is 10.3. The van der Waals surface area contributed by atoms with Gasteiger partial charge in [-0.25, -0.2) is 0 Å². The first-order valence-corrected chi connectivity index (χ1v) is 4.46. The highest BCUT2D eigenvalue weighted by molar-refractivity contribution is 7.80. The van der Waals surface area contributed by atoms with E-state index < -0.39 is 0 Å². The van der Waals surface area contributed by atoms with Gasteiger partial charge in [-0.3, -0.25) is 4.90 Å². The van der Waals surface area contributed by atoms with E-state index >= 15 is 0 Å². The summed E-state index contributed by atoms with van der Waals surface area (Å²) in [7, 11) is 0. The molecule has 0 bridgehead atoms. The zero-order valence-electron chi connectivity index (χ0n) is 6.34. The Hall–Kier alpha value is 0.0500. The van der Waals surface area contributed by atoms with Crippen LogP contribution >= 0.6 is 12.6 Å². The molecule has 0 aromatic heterocycles. The smallest absolute Gasteiger partial charge is 0.0198 e. The molecule has 1 saturated heterocycles. The van der Waals surface area contributed by atoms with E-state index in [4.69, 9.17) is 0 Å². The van der Waals surface area contributed by atoms with Gasteiger partial charge in [-0.05, 0) is 25.9 Å². The molecular weight excluding hydrogens is 142 g/mol. The molecule has 0 saturated carbocycles. The summed E-state index contributed by atoms with van der Waals surface area (Å²) in [6, 6.07) is 0. The Labute approximate surface area is 68.5 Å². The third-order valence-corrected chi connectivity index (χ3v) is 2.32. The van der Waals surface area contributed by atoms with Gasteiger partial charge in [-0.2, -0.15) is 12.6 Å². The molecule has 10 heavy (non-hydrogen) atoms. The molecular formula is C8H15NS. The van der Waals surface area contributed by atoms with E-state index in [-0.39, 0.29) is 0 Å². The number of hydrogen-bond donors (Lipinski definition) is 1. The Kier molecular flexibility index (Phi) is 3.29. The molecule has 1 fully saturated rings. The van der Waals surface area contributed by atoms with Gasteiger partial charge in [0.15, 0.2) is 0 Å². The third-order valence-electron chi connectivity index (χ3n) is 1.87. The van der Waals surface area contributed by atoms with Crippen molar-refractivity contribution >= 4 is 12.6 Å². The van der Waals surface area contributed by atoms with Gasteiger partial charge in [-0.15, -0.1) is 0 Å². The van der Waals surface area contributed by atoms with Gasteiger partial charge in [0.25, 0.3) is 0 Å². The fraction of sp³-hybridized carbons (Fsp3) is 0.750. The summed E-state index contributed by atoms with van der Waals surface area (Å²) < 4.78 is 0. The monoisotopic (exact) mass is 157 g/mol. The van der Waals surface area contributed by atoms with Crippen molar-refractivity contribution < 1.29 is 0 Å². The number of nitrogens with zero attached hydrogens (tertiary/aromatic N) is 1. The van der Waals surface area contributed by atoms with E-state index in [2.05, 4.69) is 24.1 Å². The predicted octanol–water partition coefficient (Wildman–Crippen LogP) is 1.57. The van der Waals surface area contributed by atoms with Crippen LogP contribution < -0.4 is 0 Å². The van der Waals surface area contributed by atoms with Gasteiger partial charge in [-0.1, -0.05) is 12.2 Å². The maximum atomic E-state index is 4.16. The third kappa shape index (κ3) is 2.35. The largest absolute Gasteiger partial charge is 0.299 e. The molecule has 0 aliphatic carbocycles. The summed E-state index contributed by atoms with van der Waals surface area (Å²) in [5.74, 6) is 0.830. The van der Waals surface area contributed by atoms with Gasteiger partial charge >= 0.3 is 0 Å². The van der Waals surface area contributed by atoms with Crippen molar-refractivity contribution in [2.45, 2.75) is 12.8 Å². The molecule has 0 spiro atoms. The summed E-state index contributed by atoms with van der Waals surface area (Å²) in [4.78, 5) is 2.44. The molecule has 0 N–H and O–H groups in total. The van der Waals surface area contributed by atoms with E-state index in [0.29, 0.717) is 0 Å². The van der Waals surface area contributed by atoms with Crippen molar-refractivity contribution in [3.05, 3.63) is 12.2 Å². The summed E-state index contributed by atoms with van der Waals surface area (Å²) in [6.07, 6.45) is 2.72. The van der Waals surface area contributed by atoms with E-state index in [1.54, 1.807) is 0 Å². The van der Waals surface area contributed by atoms with E-state index in [1.807, 2.05) is 0 Å². The van der Waals surface area contributed by atoms with E-state index in [1.165, 1.54) is 31.5 Å². The van der Waals surface area contributed by atoms with Crippen LogP contribution in [0.25, 0.3) is 0 Å². The van der Waals surface area contributed by atoms with Crippen LogP contribution in [0.4, 0.5) is 0 Å². The van der Waals surface area contributed by atoms with Gasteiger partial charge in [0.05, 0.1) is 0 Å². The van der Waals surface area contributed by atoms with Crippen molar-refractivity contribution in [3.8, 4) is 0 Å². The Balaban J connectivity index is 2.17. The molecule has 1 aliphatic rings. The average molecular weight is 157 g/mol. The highest BCUT2D eigenvalue weighted by Gasteiger charge is 2.10. The lowest BCUT2D eigenvalue weighted by molar-refractivity contribution is 0.369. The van der Waals surface area contributed by atoms with Crippen LogP contribution in [0.2, 0.25) is 0 Å². The second-order valence-electron chi connectivity index (χ2n) is 2.89.